The second kappa shape index (κ2) is 10.5. The van der Waals surface area contributed by atoms with Crippen molar-refractivity contribution < 1.29 is 19.1 Å². The van der Waals surface area contributed by atoms with Gasteiger partial charge in [-0.3, -0.25) is 0 Å². The van der Waals surface area contributed by atoms with Gasteiger partial charge in [0.2, 0.25) is 0 Å². The van der Waals surface area contributed by atoms with Crippen molar-refractivity contribution in [3.63, 3.8) is 0 Å². The molecule has 0 bridgehead atoms. The number of hydrogen-bond donors (Lipinski definition) is 0. The van der Waals surface area contributed by atoms with E-state index in [4.69, 9.17) is 9.47 Å². The first-order valence-electron chi connectivity index (χ1n) is 9.75. The summed E-state index contributed by atoms with van der Waals surface area (Å²) in [6.45, 7) is 3.84. The van der Waals surface area contributed by atoms with Gasteiger partial charge in [0.25, 0.3) is 0 Å². The Hall–Kier alpha value is -3.19. The Morgan fingerprint density at radius 3 is 2.17 bits per heavy atom. The molecule has 156 valence electrons. The normalized spacial score (nSPS) is 16.3. The maximum Gasteiger partial charge on any atom is 0.440 e. The number of nitrogens with zero attached hydrogens (tertiary/aromatic N) is 2. The smallest absolute Gasteiger partial charge is 0.440 e. The van der Waals surface area contributed by atoms with Gasteiger partial charge in [0.15, 0.2) is 0 Å². The van der Waals surface area contributed by atoms with E-state index in [0.29, 0.717) is 0 Å². The van der Waals surface area contributed by atoms with Crippen LogP contribution in [-0.2, 0) is 9.47 Å². The third-order valence-corrected chi connectivity index (χ3v) is 5.27. The Kier molecular flexibility index (Phi) is 7.57. The third-order valence-electron chi connectivity index (χ3n) is 4.21. The van der Waals surface area contributed by atoms with Gasteiger partial charge >= 0.3 is 12.2 Å². The predicted molar refractivity (Wildman–Crippen MR) is 119 cm³/mol. The number of benzene rings is 2. The third kappa shape index (κ3) is 5.24. The molecule has 1 unspecified atom stereocenters. The molecule has 2 aromatic carbocycles. The zero-order valence-corrected chi connectivity index (χ0v) is 17.7. The summed E-state index contributed by atoms with van der Waals surface area (Å²) in [4.78, 5) is 26.3. The van der Waals surface area contributed by atoms with Crippen molar-refractivity contribution in [1.29, 1.82) is 0 Å². The van der Waals surface area contributed by atoms with E-state index in [1.54, 1.807) is 13.8 Å². The largest absolute Gasteiger partial charge is 0.448 e. The summed E-state index contributed by atoms with van der Waals surface area (Å²) < 4.78 is 11.7. The molecule has 0 saturated heterocycles. The lowest BCUT2D eigenvalue weighted by Gasteiger charge is -2.39. The summed E-state index contributed by atoms with van der Waals surface area (Å²) in [5, 5.41) is 1.28. The Morgan fingerprint density at radius 2 is 1.53 bits per heavy atom. The standard InChI is InChI=1S/C23H24N2O4S/c1-3-28-22(26)24-20(16-15-18-11-7-5-8-12-18)17-21(19-13-9-6-10-14-19)30-25(24)23(27)29-4-2/h5-17,20H,3-4H2,1-2H3/b16-15+. The predicted octanol–water partition coefficient (Wildman–Crippen LogP) is 5.60. The van der Waals surface area contributed by atoms with Gasteiger partial charge < -0.3 is 9.47 Å². The summed E-state index contributed by atoms with van der Waals surface area (Å²) in [6, 6.07) is 18.9. The van der Waals surface area contributed by atoms with Crippen molar-refractivity contribution in [2.75, 3.05) is 13.2 Å². The molecule has 2 amide bonds. The van der Waals surface area contributed by atoms with E-state index in [1.165, 1.54) is 9.42 Å². The molecular weight excluding hydrogens is 400 g/mol. The topological polar surface area (TPSA) is 59.1 Å². The van der Waals surface area contributed by atoms with Gasteiger partial charge in [-0.1, -0.05) is 72.8 Å². The van der Waals surface area contributed by atoms with E-state index < -0.39 is 18.2 Å². The second-order valence-corrected chi connectivity index (χ2v) is 7.23. The quantitative estimate of drug-likeness (QED) is 0.585. The van der Waals surface area contributed by atoms with Crippen molar-refractivity contribution >= 4 is 35.1 Å². The summed E-state index contributed by atoms with van der Waals surface area (Å²) in [7, 11) is 0. The van der Waals surface area contributed by atoms with Crippen LogP contribution in [0.5, 0.6) is 0 Å². The Balaban J connectivity index is 2.03. The van der Waals surface area contributed by atoms with Crippen LogP contribution in [0.15, 0.2) is 72.8 Å². The fourth-order valence-corrected chi connectivity index (χ4v) is 3.88. The summed E-state index contributed by atoms with van der Waals surface area (Å²) >= 11 is 1.13. The van der Waals surface area contributed by atoms with Crippen molar-refractivity contribution in [2.45, 2.75) is 19.9 Å². The highest BCUT2D eigenvalue weighted by molar-refractivity contribution is 8.06. The van der Waals surface area contributed by atoms with Crippen LogP contribution >= 0.6 is 11.9 Å². The molecule has 0 spiro atoms. The van der Waals surface area contributed by atoms with Crippen LogP contribution in [0.2, 0.25) is 0 Å². The van der Waals surface area contributed by atoms with E-state index in [-0.39, 0.29) is 13.2 Å². The number of hydrogen-bond acceptors (Lipinski definition) is 5. The summed E-state index contributed by atoms with van der Waals surface area (Å²) in [5.74, 6) is 0. The Morgan fingerprint density at radius 1 is 0.933 bits per heavy atom. The Labute approximate surface area is 180 Å². The molecule has 1 aliphatic heterocycles. The van der Waals surface area contributed by atoms with Gasteiger partial charge in [0, 0.05) is 16.9 Å². The summed E-state index contributed by atoms with van der Waals surface area (Å²) in [5.41, 5.74) is 1.93. The number of ether oxygens (including phenoxy) is 2. The minimum Gasteiger partial charge on any atom is -0.448 e. The number of carbonyl (C=O) groups is 2. The van der Waals surface area contributed by atoms with Crippen molar-refractivity contribution in [3.05, 3.63) is 83.9 Å². The molecule has 1 atom stereocenters. The molecule has 0 fully saturated rings. The average molecular weight is 425 g/mol. The van der Waals surface area contributed by atoms with Gasteiger partial charge in [-0.2, -0.15) is 5.01 Å². The van der Waals surface area contributed by atoms with Crippen LogP contribution in [0.25, 0.3) is 11.0 Å². The molecule has 0 saturated carbocycles. The van der Waals surface area contributed by atoms with Gasteiger partial charge in [0.05, 0.1) is 19.3 Å². The van der Waals surface area contributed by atoms with E-state index >= 15 is 0 Å². The molecule has 7 heteroatoms. The number of rotatable bonds is 5. The Bertz CT molecular complexity index is 915. The minimum absolute atomic E-state index is 0.195. The van der Waals surface area contributed by atoms with Crippen LogP contribution in [0.3, 0.4) is 0 Å². The van der Waals surface area contributed by atoms with Crippen molar-refractivity contribution in [2.24, 2.45) is 0 Å². The number of carbonyl (C=O) groups excluding carboxylic acids is 2. The molecule has 0 N–H and O–H groups in total. The zero-order chi connectivity index (χ0) is 21.3. The van der Waals surface area contributed by atoms with Crippen molar-refractivity contribution in [1.82, 2.24) is 9.42 Å². The lowest BCUT2D eigenvalue weighted by Crippen LogP contribution is -2.52. The molecule has 6 nitrogen and oxygen atoms in total. The maximum atomic E-state index is 12.8. The molecule has 0 aromatic heterocycles. The lowest BCUT2D eigenvalue weighted by molar-refractivity contribution is 0.0245. The monoisotopic (exact) mass is 424 g/mol. The van der Waals surface area contributed by atoms with E-state index in [2.05, 4.69) is 0 Å². The summed E-state index contributed by atoms with van der Waals surface area (Å²) in [6.07, 6.45) is 4.46. The molecular formula is C23H24N2O4S. The molecule has 1 heterocycles. The second-order valence-electron chi connectivity index (χ2n) is 6.26. The molecule has 3 rings (SSSR count). The van der Waals surface area contributed by atoms with Crippen LogP contribution in [0.1, 0.15) is 25.0 Å². The fourth-order valence-electron chi connectivity index (χ4n) is 2.87. The van der Waals surface area contributed by atoms with E-state index in [9.17, 15) is 9.59 Å². The van der Waals surface area contributed by atoms with Gasteiger partial charge in [-0.15, -0.1) is 4.41 Å². The van der Waals surface area contributed by atoms with Crippen LogP contribution in [-0.4, -0.2) is 40.9 Å². The highest BCUT2D eigenvalue weighted by atomic mass is 32.2. The maximum absolute atomic E-state index is 12.8. The van der Waals surface area contributed by atoms with Crippen LogP contribution in [0.4, 0.5) is 9.59 Å². The first-order valence-corrected chi connectivity index (χ1v) is 10.5. The first-order chi connectivity index (χ1) is 14.6. The van der Waals surface area contributed by atoms with Gasteiger partial charge in [-0.05, 0) is 31.1 Å². The molecule has 0 aliphatic carbocycles. The van der Waals surface area contributed by atoms with Crippen LogP contribution in [0, 0.1) is 0 Å². The highest BCUT2D eigenvalue weighted by Crippen LogP contribution is 2.38. The van der Waals surface area contributed by atoms with Crippen LogP contribution < -0.4 is 0 Å². The zero-order valence-electron chi connectivity index (χ0n) is 16.9. The fraction of sp³-hybridized carbons (Fsp3) is 0.217. The highest BCUT2D eigenvalue weighted by Gasteiger charge is 2.38. The lowest BCUT2D eigenvalue weighted by atomic mass is 10.1. The molecule has 1 aliphatic rings. The van der Waals surface area contributed by atoms with Gasteiger partial charge in [-0.25, -0.2) is 9.59 Å². The number of hydrazine groups is 1. The molecule has 30 heavy (non-hydrogen) atoms. The average Bonchev–Trinajstić information content (AvgIpc) is 2.78. The van der Waals surface area contributed by atoms with E-state index in [1.807, 2.05) is 78.9 Å². The minimum atomic E-state index is -0.629. The molecule has 0 radical (unpaired) electrons. The van der Waals surface area contributed by atoms with Gasteiger partial charge in [0.1, 0.15) is 0 Å². The number of amides is 2. The van der Waals surface area contributed by atoms with Crippen molar-refractivity contribution in [3.8, 4) is 0 Å². The molecule has 2 aromatic rings. The van der Waals surface area contributed by atoms with E-state index in [0.717, 1.165) is 28.0 Å². The first kappa shape index (κ1) is 21.5. The SMILES string of the molecule is CCOC(=O)N1SC(c2ccccc2)=CC(/C=C/c2ccccc2)N1C(=O)OCC.